The summed E-state index contributed by atoms with van der Waals surface area (Å²) >= 11 is 0. The van der Waals surface area contributed by atoms with E-state index in [2.05, 4.69) is 10.9 Å². The molecule has 1 atom stereocenters. The Bertz CT molecular complexity index is 523. The minimum atomic E-state index is -0.608. The molecule has 0 amide bonds. The molecular formula is C16H21ClN2O3. The van der Waals surface area contributed by atoms with Crippen molar-refractivity contribution in [3.8, 4) is 11.5 Å². The number of ether oxygens (including phenoxy) is 2. The number of hydrazine groups is 1. The van der Waals surface area contributed by atoms with Gasteiger partial charge in [0.25, 0.3) is 0 Å². The maximum atomic E-state index is 9.84. The van der Waals surface area contributed by atoms with E-state index in [1.54, 1.807) is 19.2 Å². The first kappa shape index (κ1) is 18.1. The first-order chi connectivity index (χ1) is 10.3. The second kappa shape index (κ2) is 9.89. The van der Waals surface area contributed by atoms with Gasteiger partial charge in [0.05, 0.1) is 7.11 Å². The highest BCUT2D eigenvalue weighted by Gasteiger charge is 2.05. The van der Waals surface area contributed by atoms with Crippen LogP contribution in [0.3, 0.4) is 0 Å². The van der Waals surface area contributed by atoms with Crippen LogP contribution >= 0.6 is 12.4 Å². The molecule has 0 radical (unpaired) electrons. The summed E-state index contributed by atoms with van der Waals surface area (Å²) in [6.45, 7) is 0.598. The lowest BCUT2D eigenvalue weighted by Gasteiger charge is -2.14. The van der Waals surface area contributed by atoms with Crippen molar-refractivity contribution in [2.45, 2.75) is 6.10 Å². The van der Waals surface area contributed by atoms with E-state index in [9.17, 15) is 5.11 Å². The van der Waals surface area contributed by atoms with E-state index in [1.165, 1.54) is 0 Å². The lowest BCUT2D eigenvalue weighted by Crippen LogP contribution is -2.34. The van der Waals surface area contributed by atoms with Gasteiger partial charge in [-0.15, -0.1) is 12.4 Å². The highest BCUT2D eigenvalue weighted by molar-refractivity contribution is 5.85. The number of rotatable bonds is 8. The number of aliphatic hydroxyl groups excluding tert-OH is 1. The molecule has 6 heteroatoms. The van der Waals surface area contributed by atoms with Crippen LogP contribution in [0.2, 0.25) is 0 Å². The predicted octanol–water partition coefficient (Wildman–Crippen LogP) is 2.47. The number of hydrogen-bond donors (Lipinski definition) is 3. The third-order valence-electron chi connectivity index (χ3n) is 2.85. The fourth-order valence-corrected chi connectivity index (χ4v) is 1.72. The molecule has 1 unspecified atom stereocenters. The number of para-hydroxylation sites is 1. The monoisotopic (exact) mass is 324 g/mol. The Hall–Kier alpha value is -1.95. The molecule has 0 aliphatic rings. The van der Waals surface area contributed by atoms with Gasteiger partial charge in [-0.05, 0) is 36.4 Å². The molecule has 3 N–H and O–H groups in total. The van der Waals surface area contributed by atoms with Crippen molar-refractivity contribution < 1.29 is 14.6 Å². The highest BCUT2D eigenvalue weighted by atomic mass is 35.5. The highest BCUT2D eigenvalue weighted by Crippen LogP contribution is 2.16. The van der Waals surface area contributed by atoms with Gasteiger partial charge in [-0.3, -0.25) is 0 Å². The maximum Gasteiger partial charge on any atom is 0.119 e. The van der Waals surface area contributed by atoms with E-state index in [0.717, 1.165) is 11.4 Å². The minimum absolute atomic E-state index is 0. The molecule has 0 heterocycles. The van der Waals surface area contributed by atoms with Crippen molar-refractivity contribution in [3.63, 3.8) is 0 Å². The number of hydrogen-bond acceptors (Lipinski definition) is 5. The zero-order chi connectivity index (χ0) is 14.9. The second-order valence-corrected chi connectivity index (χ2v) is 4.51. The first-order valence-corrected chi connectivity index (χ1v) is 6.77. The number of halogens is 1. The summed E-state index contributed by atoms with van der Waals surface area (Å²) in [5.74, 6) is 1.47. The van der Waals surface area contributed by atoms with Gasteiger partial charge in [0.2, 0.25) is 0 Å². The first-order valence-electron chi connectivity index (χ1n) is 6.77. The third kappa shape index (κ3) is 6.22. The standard InChI is InChI=1S/C16H20N2O3.ClH/c1-20-15-7-9-16(10-8-15)21-12-14(19)11-17-18-13-5-3-2-4-6-13;/h2-10,14,17-19H,11-12H2,1H3;1H. The molecule has 2 rings (SSSR count). The van der Waals surface area contributed by atoms with Crippen LogP contribution in [0.4, 0.5) is 5.69 Å². The van der Waals surface area contributed by atoms with Gasteiger partial charge >= 0.3 is 0 Å². The molecule has 0 fully saturated rings. The van der Waals surface area contributed by atoms with Gasteiger partial charge in [-0.25, -0.2) is 5.43 Å². The maximum absolute atomic E-state index is 9.84. The Balaban J connectivity index is 0.00000242. The fourth-order valence-electron chi connectivity index (χ4n) is 1.72. The summed E-state index contributed by atoms with van der Waals surface area (Å²) in [4.78, 5) is 0. The summed E-state index contributed by atoms with van der Waals surface area (Å²) in [5.41, 5.74) is 6.91. The molecule has 0 aliphatic heterocycles. The van der Waals surface area contributed by atoms with Crippen molar-refractivity contribution in [2.75, 3.05) is 25.7 Å². The van der Waals surface area contributed by atoms with Crippen molar-refractivity contribution in [1.29, 1.82) is 0 Å². The number of methoxy groups -OCH3 is 1. The molecule has 2 aromatic rings. The van der Waals surface area contributed by atoms with Gasteiger partial charge in [0, 0.05) is 12.2 Å². The van der Waals surface area contributed by atoms with Gasteiger partial charge in [0.15, 0.2) is 0 Å². The smallest absolute Gasteiger partial charge is 0.119 e. The summed E-state index contributed by atoms with van der Waals surface area (Å²) in [7, 11) is 1.62. The minimum Gasteiger partial charge on any atom is -0.497 e. The van der Waals surface area contributed by atoms with Gasteiger partial charge in [-0.2, -0.15) is 0 Å². The van der Waals surface area contributed by atoms with Crippen LogP contribution in [0.25, 0.3) is 0 Å². The molecule has 0 saturated heterocycles. The molecule has 0 bridgehead atoms. The molecule has 0 spiro atoms. The zero-order valence-electron chi connectivity index (χ0n) is 12.4. The number of anilines is 1. The molecular weight excluding hydrogens is 304 g/mol. The Morgan fingerprint density at radius 1 is 1.00 bits per heavy atom. The van der Waals surface area contributed by atoms with Crippen LogP contribution in [0.5, 0.6) is 11.5 Å². The Labute approximate surface area is 136 Å². The average molecular weight is 325 g/mol. The SMILES string of the molecule is COc1ccc(OCC(O)CNNc2ccccc2)cc1.Cl. The summed E-state index contributed by atoms with van der Waals surface area (Å²) in [5, 5.41) is 9.84. The van der Waals surface area contributed by atoms with E-state index >= 15 is 0 Å². The van der Waals surface area contributed by atoms with Crippen LogP contribution in [0.1, 0.15) is 0 Å². The van der Waals surface area contributed by atoms with Crippen molar-refractivity contribution >= 4 is 18.1 Å². The topological polar surface area (TPSA) is 62.8 Å². The normalized spacial score (nSPS) is 11.2. The van der Waals surface area contributed by atoms with E-state index in [1.807, 2.05) is 42.5 Å². The number of aliphatic hydroxyl groups is 1. The molecule has 5 nitrogen and oxygen atoms in total. The van der Waals surface area contributed by atoms with E-state index in [0.29, 0.717) is 12.3 Å². The molecule has 0 saturated carbocycles. The van der Waals surface area contributed by atoms with Crippen LogP contribution in [-0.2, 0) is 0 Å². The predicted molar refractivity (Wildman–Crippen MR) is 89.8 cm³/mol. The zero-order valence-corrected chi connectivity index (χ0v) is 13.2. The van der Waals surface area contributed by atoms with E-state index in [4.69, 9.17) is 9.47 Å². The van der Waals surface area contributed by atoms with E-state index < -0.39 is 6.10 Å². The fraction of sp³-hybridized carbons (Fsp3) is 0.250. The largest absolute Gasteiger partial charge is 0.497 e. The Morgan fingerprint density at radius 2 is 1.64 bits per heavy atom. The lowest BCUT2D eigenvalue weighted by atomic mass is 10.3. The summed E-state index contributed by atoms with van der Waals surface area (Å²) in [6, 6.07) is 16.9. The van der Waals surface area contributed by atoms with Gasteiger partial charge in [-0.1, -0.05) is 18.2 Å². The summed E-state index contributed by atoms with van der Waals surface area (Å²) in [6.07, 6.45) is -0.608. The Kier molecular flexibility index (Phi) is 8.14. The van der Waals surface area contributed by atoms with Crippen LogP contribution in [0, 0.1) is 0 Å². The third-order valence-corrected chi connectivity index (χ3v) is 2.85. The lowest BCUT2D eigenvalue weighted by molar-refractivity contribution is 0.108. The molecule has 22 heavy (non-hydrogen) atoms. The van der Waals surface area contributed by atoms with Crippen molar-refractivity contribution in [2.24, 2.45) is 0 Å². The molecule has 2 aromatic carbocycles. The van der Waals surface area contributed by atoms with Crippen LogP contribution in [-0.4, -0.2) is 31.5 Å². The summed E-state index contributed by atoms with van der Waals surface area (Å²) < 4.78 is 10.6. The van der Waals surface area contributed by atoms with Gasteiger partial charge < -0.3 is 20.0 Å². The Morgan fingerprint density at radius 3 is 2.27 bits per heavy atom. The van der Waals surface area contributed by atoms with E-state index in [-0.39, 0.29) is 19.0 Å². The molecule has 120 valence electrons. The van der Waals surface area contributed by atoms with Crippen LogP contribution in [0.15, 0.2) is 54.6 Å². The molecule has 0 aromatic heterocycles. The van der Waals surface area contributed by atoms with Crippen molar-refractivity contribution in [3.05, 3.63) is 54.6 Å². The van der Waals surface area contributed by atoms with Crippen molar-refractivity contribution in [1.82, 2.24) is 5.43 Å². The number of benzene rings is 2. The average Bonchev–Trinajstić information content (AvgIpc) is 2.54. The van der Waals surface area contributed by atoms with Crippen LogP contribution < -0.4 is 20.3 Å². The molecule has 0 aliphatic carbocycles. The second-order valence-electron chi connectivity index (χ2n) is 4.51. The van der Waals surface area contributed by atoms with Gasteiger partial charge in [0.1, 0.15) is 24.2 Å². The number of nitrogens with one attached hydrogen (secondary N) is 2. The quantitative estimate of drug-likeness (QED) is 0.651.